The lowest BCUT2D eigenvalue weighted by Gasteiger charge is -2.25. The van der Waals surface area contributed by atoms with E-state index in [2.05, 4.69) is 24.9 Å². The lowest BCUT2D eigenvalue weighted by molar-refractivity contribution is 0.337. The molecular formula is C21H21N5O2S. The standard InChI is InChI=1S/C21H21N5O2S/c1-3-8-15(9-4-1)19-22-18(28-25-19)14-29-21-24-23-20(17-12-7-13-27-17)26(21)16-10-5-2-6-11-16/h1,3-4,7-9,12-13,16H,2,5-6,10-11,14H2. The Morgan fingerprint density at radius 1 is 1.00 bits per heavy atom. The molecule has 7 nitrogen and oxygen atoms in total. The summed E-state index contributed by atoms with van der Waals surface area (Å²) in [5.74, 6) is 3.26. The highest BCUT2D eigenvalue weighted by Crippen LogP contribution is 2.36. The van der Waals surface area contributed by atoms with Crippen LogP contribution in [0.5, 0.6) is 0 Å². The van der Waals surface area contributed by atoms with Crippen LogP contribution >= 0.6 is 11.8 Å². The number of benzene rings is 1. The van der Waals surface area contributed by atoms with E-state index in [1.54, 1.807) is 18.0 Å². The minimum atomic E-state index is 0.393. The summed E-state index contributed by atoms with van der Waals surface area (Å²) in [7, 11) is 0. The van der Waals surface area contributed by atoms with Crippen LogP contribution in [0.3, 0.4) is 0 Å². The van der Waals surface area contributed by atoms with E-state index < -0.39 is 0 Å². The molecule has 3 aromatic heterocycles. The summed E-state index contributed by atoms with van der Waals surface area (Å²) < 4.78 is 13.3. The Morgan fingerprint density at radius 3 is 2.66 bits per heavy atom. The maximum Gasteiger partial charge on any atom is 0.237 e. The zero-order valence-corrected chi connectivity index (χ0v) is 16.7. The van der Waals surface area contributed by atoms with Crippen LogP contribution in [-0.2, 0) is 5.75 Å². The SMILES string of the molecule is c1ccc(-c2noc(CSc3nnc(-c4ccco4)n3C3CCCCC3)n2)cc1. The van der Waals surface area contributed by atoms with Crippen LogP contribution in [0, 0.1) is 0 Å². The first kappa shape index (κ1) is 18.2. The predicted octanol–water partition coefficient (Wildman–Crippen LogP) is 5.39. The fourth-order valence-corrected chi connectivity index (χ4v) is 4.60. The van der Waals surface area contributed by atoms with Crippen molar-refractivity contribution >= 4 is 11.8 Å². The van der Waals surface area contributed by atoms with Crippen LogP contribution < -0.4 is 0 Å². The average Bonchev–Trinajstić information content (AvgIpc) is 3.54. The molecule has 0 spiro atoms. The van der Waals surface area contributed by atoms with E-state index in [4.69, 9.17) is 8.94 Å². The smallest absolute Gasteiger partial charge is 0.237 e. The number of aromatic nitrogens is 5. The van der Waals surface area contributed by atoms with Gasteiger partial charge in [-0.05, 0) is 25.0 Å². The van der Waals surface area contributed by atoms with E-state index in [1.165, 1.54) is 19.3 Å². The lowest BCUT2D eigenvalue weighted by atomic mass is 9.95. The number of thioether (sulfide) groups is 1. The van der Waals surface area contributed by atoms with Gasteiger partial charge in [-0.15, -0.1) is 10.2 Å². The van der Waals surface area contributed by atoms with E-state index in [0.717, 1.165) is 35.1 Å². The van der Waals surface area contributed by atoms with Gasteiger partial charge in [0.05, 0.1) is 12.0 Å². The van der Waals surface area contributed by atoms with Crippen molar-refractivity contribution in [1.82, 2.24) is 24.9 Å². The number of furan rings is 1. The van der Waals surface area contributed by atoms with Gasteiger partial charge in [0.15, 0.2) is 10.9 Å². The summed E-state index contributed by atoms with van der Waals surface area (Å²) in [6.45, 7) is 0. The van der Waals surface area contributed by atoms with Crippen molar-refractivity contribution in [1.29, 1.82) is 0 Å². The summed E-state index contributed by atoms with van der Waals surface area (Å²) in [5.41, 5.74) is 0.943. The second kappa shape index (κ2) is 8.24. The monoisotopic (exact) mass is 407 g/mol. The lowest BCUT2D eigenvalue weighted by Crippen LogP contribution is -2.15. The topological polar surface area (TPSA) is 82.8 Å². The minimum Gasteiger partial charge on any atom is -0.461 e. The van der Waals surface area contributed by atoms with Gasteiger partial charge in [-0.3, -0.25) is 4.57 Å². The van der Waals surface area contributed by atoms with Gasteiger partial charge in [0.25, 0.3) is 0 Å². The van der Waals surface area contributed by atoms with Gasteiger partial charge in [0.2, 0.25) is 17.5 Å². The fourth-order valence-electron chi connectivity index (χ4n) is 3.76. The highest BCUT2D eigenvalue weighted by molar-refractivity contribution is 7.98. The van der Waals surface area contributed by atoms with Crippen molar-refractivity contribution in [3.8, 4) is 23.0 Å². The van der Waals surface area contributed by atoms with Crippen molar-refractivity contribution in [3.05, 3.63) is 54.6 Å². The van der Waals surface area contributed by atoms with Gasteiger partial charge in [-0.25, -0.2) is 0 Å². The largest absolute Gasteiger partial charge is 0.461 e. The summed E-state index contributed by atoms with van der Waals surface area (Å²) in [5, 5.41) is 13.8. The second-order valence-corrected chi connectivity index (χ2v) is 8.05. The molecule has 1 aliphatic carbocycles. The number of hydrogen-bond donors (Lipinski definition) is 0. The van der Waals surface area contributed by atoms with Crippen molar-refractivity contribution in [2.45, 2.75) is 49.1 Å². The van der Waals surface area contributed by atoms with Crippen LogP contribution in [0.25, 0.3) is 23.0 Å². The Morgan fingerprint density at radius 2 is 1.86 bits per heavy atom. The van der Waals surface area contributed by atoms with Gasteiger partial charge < -0.3 is 8.94 Å². The molecule has 1 saturated carbocycles. The summed E-state index contributed by atoms with van der Waals surface area (Å²) in [4.78, 5) is 4.52. The van der Waals surface area contributed by atoms with Crippen molar-refractivity contribution < 1.29 is 8.94 Å². The highest BCUT2D eigenvalue weighted by Gasteiger charge is 2.25. The quantitative estimate of drug-likeness (QED) is 0.396. The minimum absolute atomic E-state index is 0.393. The van der Waals surface area contributed by atoms with E-state index in [9.17, 15) is 0 Å². The molecule has 3 heterocycles. The predicted molar refractivity (Wildman–Crippen MR) is 109 cm³/mol. The van der Waals surface area contributed by atoms with E-state index >= 15 is 0 Å². The number of rotatable bonds is 6. The zero-order valence-electron chi connectivity index (χ0n) is 15.9. The molecule has 148 valence electrons. The molecule has 0 radical (unpaired) electrons. The Labute approximate surface area is 172 Å². The average molecular weight is 407 g/mol. The van der Waals surface area contributed by atoms with Gasteiger partial charge in [-0.2, -0.15) is 4.98 Å². The molecule has 0 unspecified atom stereocenters. The third-order valence-corrected chi connectivity index (χ3v) is 6.10. The molecule has 4 aromatic rings. The van der Waals surface area contributed by atoms with E-state index in [1.807, 2.05) is 42.5 Å². The molecule has 0 N–H and O–H groups in total. The normalized spacial score (nSPS) is 15.0. The highest BCUT2D eigenvalue weighted by atomic mass is 32.2. The maximum atomic E-state index is 5.61. The Hall–Kier alpha value is -2.87. The number of nitrogens with zero attached hydrogens (tertiary/aromatic N) is 5. The Kier molecular flexibility index (Phi) is 5.17. The van der Waals surface area contributed by atoms with Crippen LogP contribution in [-0.4, -0.2) is 24.9 Å². The molecule has 0 saturated heterocycles. The fraction of sp³-hybridized carbons (Fsp3) is 0.333. The first-order valence-electron chi connectivity index (χ1n) is 9.88. The second-order valence-electron chi connectivity index (χ2n) is 7.11. The molecule has 8 heteroatoms. The summed E-state index contributed by atoms with van der Waals surface area (Å²) in [6.07, 6.45) is 7.70. The van der Waals surface area contributed by atoms with E-state index in [0.29, 0.717) is 23.5 Å². The van der Waals surface area contributed by atoms with Gasteiger partial charge >= 0.3 is 0 Å². The van der Waals surface area contributed by atoms with Crippen LogP contribution in [0.4, 0.5) is 0 Å². The first-order chi connectivity index (χ1) is 14.4. The van der Waals surface area contributed by atoms with Crippen LogP contribution in [0.1, 0.15) is 44.0 Å². The Bertz CT molecular complexity index is 1050. The zero-order chi connectivity index (χ0) is 19.5. The van der Waals surface area contributed by atoms with Crippen LogP contribution in [0.2, 0.25) is 0 Å². The number of hydrogen-bond acceptors (Lipinski definition) is 7. The third-order valence-electron chi connectivity index (χ3n) is 5.17. The molecule has 1 aliphatic rings. The molecule has 1 fully saturated rings. The summed E-state index contributed by atoms with van der Waals surface area (Å²) in [6, 6.07) is 14.0. The third kappa shape index (κ3) is 3.85. The van der Waals surface area contributed by atoms with Crippen molar-refractivity contribution in [2.24, 2.45) is 0 Å². The van der Waals surface area contributed by atoms with Gasteiger partial charge in [0.1, 0.15) is 0 Å². The molecule has 0 bridgehead atoms. The molecule has 0 aliphatic heterocycles. The first-order valence-corrected chi connectivity index (χ1v) is 10.9. The molecule has 5 rings (SSSR count). The maximum absolute atomic E-state index is 5.61. The van der Waals surface area contributed by atoms with Crippen molar-refractivity contribution in [2.75, 3.05) is 0 Å². The molecule has 0 amide bonds. The molecule has 0 atom stereocenters. The van der Waals surface area contributed by atoms with Gasteiger partial charge in [0, 0.05) is 11.6 Å². The van der Waals surface area contributed by atoms with Crippen molar-refractivity contribution in [3.63, 3.8) is 0 Å². The molecule has 1 aromatic carbocycles. The van der Waals surface area contributed by atoms with E-state index in [-0.39, 0.29) is 0 Å². The summed E-state index contributed by atoms with van der Waals surface area (Å²) >= 11 is 1.57. The van der Waals surface area contributed by atoms with Crippen LogP contribution in [0.15, 0.2) is 62.8 Å². The molecular weight excluding hydrogens is 386 g/mol. The molecule has 29 heavy (non-hydrogen) atoms. The van der Waals surface area contributed by atoms with Gasteiger partial charge in [-0.1, -0.05) is 66.5 Å². The Balaban J connectivity index is 1.38.